The number of rotatable bonds is 5. The van der Waals surface area contributed by atoms with Crippen LogP contribution < -0.4 is 10.5 Å². The fourth-order valence-electron chi connectivity index (χ4n) is 1.80. The van der Waals surface area contributed by atoms with Crippen molar-refractivity contribution >= 4 is 21.5 Å². The Morgan fingerprint density at radius 1 is 1.47 bits per heavy atom. The van der Waals surface area contributed by atoms with Crippen molar-refractivity contribution in [3.63, 3.8) is 0 Å². The Bertz CT molecular complexity index is 399. The Morgan fingerprint density at radius 3 is 2.71 bits per heavy atom. The molecule has 2 nitrogen and oxygen atoms in total. The zero-order valence-electron chi connectivity index (χ0n) is 10.7. The summed E-state index contributed by atoms with van der Waals surface area (Å²) in [5, 5.41) is 0. The van der Waals surface area contributed by atoms with Gasteiger partial charge in [0.2, 0.25) is 0 Å². The van der Waals surface area contributed by atoms with Gasteiger partial charge in [-0.3, -0.25) is 0 Å². The van der Waals surface area contributed by atoms with Crippen LogP contribution in [-0.2, 0) is 0 Å². The van der Waals surface area contributed by atoms with Crippen LogP contribution in [0.25, 0.3) is 5.57 Å². The number of nitrogens with two attached hydrogens (primary N) is 1. The van der Waals surface area contributed by atoms with E-state index in [1.54, 1.807) is 7.11 Å². The molecule has 0 spiro atoms. The minimum absolute atomic E-state index is 0.449. The molecule has 0 fully saturated rings. The Labute approximate surface area is 112 Å². The molecule has 0 saturated heterocycles. The standard InChI is InChI=1S/C14H20BrNO/c1-10(2)12(5-4-8-16)13-9-11(15)6-7-14(13)17-3/h5-7,9-10H,4,8,16H2,1-3H3/b12-5+. The Balaban J connectivity index is 3.21. The Hall–Kier alpha value is -0.800. The van der Waals surface area contributed by atoms with Crippen molar-refractivity contribution in [1.82, 2.24) is 0 Å². The molecule has 0 aliphatic carbocycles. The van der Waals surface area contributed by atoms with E-state index in [0.29, 0.717) is 12.5 Å². The molecule has 17 heavy (non-hydrogen) atoms. The zero-order valence-corrected chi connectivity index (χ0v) is 12.3. The molecule has 0 aromatic heterocycles. The van der Waals surface area contributed by atoms with Gasteiger partial charge in [-0.1, -0.05) is 35.9 Å². The minimum Gasteiger partial charge on any atom is -0.496 e. The molecule has 0 bridgehead atoms. The van der Waals surface area contributed by atoms with Gasteiger partial charge in [-0.15, -0.1) is 0 Å². The van der Waals surface area contributed by atoms with Gasteiger partial charge < -0.3 is 10.5 Å². The second-order valence-electron chi connectivity index (χ2n) is 4.24. The average molecular weight is 298 g/mol. The normalized spacial score (nSPS) is 12.0. The van der Waals surface area contributed by atoms with Crippen LogP contribution in [0.1, 0.15) is 25.8 Å². The van der Waals surface area contributed by atoms with Gasteiger partial charge in [0.25, 0.3) is 0 Å². The summed E-state index contributed by atoms with van der Waals surface area (Å²) in [4.78, 5) is 0. The van der Waals surface area contributed by atoms with Crippen LogP contribution in [0.2, 0.25) is 0 Å². The molecule has 3 heteroatoms. The van der Waals surface area contributed by atoms with E-state index in [-0.39, 0.29) is 0 Å². The lowest BCUT2D eigenvalue weighted by Gasteiger charge is -2.16. The quantitative estimate of drug-likeness (QED) is 0.896. The van der Waals surface area contributed by atoms with E-state index in [4.69, 9.17) is 10.5 Å². The van der Waals surface area contributed by atoms with Crippen molar-refractivity contribution in [3.05, 3.63) is 34.3 Å². The van der Waals surface area contributed by atoms with Crippen LogP contribution in [0.15, 0.2) is 28.7 Å². The maximum absolute atomic E-state index is 5.57. The summed E-state index contributed by atoms with van der Waals surface area (Å²) in [7, 11) is 1.70. The van der Waals surface area contributed by atoms with Gasteiger partial charge in [0.05, 0.1) is 7.11 Å². The number of hydrogen-bond acceptors (Lipinski definition) is 2. The van der Waals surface area contributed by atoms with Crippen LogP contribution in [0, 0.1) is 5.92 Å². The molecule has 0 atom stereocenters. The van der Waals surface area contributed by atoms with E-state index in [2.05, 4.69) is 41.9 Å². The van der Waals surface area contributed by atoms with Gasteiger partial charge >= 0.3 is 0 Å². The van der Waals surface area contributed by atoms with Crippen molar-refractivity contribution < 1.29 is 4.74 Å². The fraction of sp³-hybridized carbons (Fsp3) is 0.429. The molecule has 0 unspecified atom stereocenters. The molecule has 0 heterocycles. The molecule has 94 valence electrons. The average Bonchev–Trinajstić information content (AvgIpc) is 2.29. The number of halogens is 1. The molecule has 0 saturated carbocycles. The largest absolute Gasteiger partial charge is 0.496 e. The smallest absolute Gasteiger partial charge is 0.126 e. The van der Waals surface area contributed by atoms with Gasteiger partial charge in [0.15, 0.2) is 0 Å². The van der Waals surface area contributed by atoms with Crippen LogP contribution in [0.3, 0.4) is 0 Å². The first kappa shape index (κ1) is 14.3. The maximum atomic E-state index is 5.57. The van der Waals surface area contributed by atoms with Crippen molar-refractivity contribution in [2.24, 2.45) is 11.7 Å². The summed E-state index contributed by atoms with van der Waals surface area (Å²) in [6, 6.07) is 6.07. The molecule has 0 aliphatic rings. The van der Waals surface area contributed by atoms with E-state index in [1.165, 1.54) is 5.57 Å². The first-order chi connectivity index (χ1) is 8.10. The van der Waals surface area contributed by atoms with E-state index >= 15 is 0 Å². The van der Waals surface area contributed by atoms with Gasteiger partial charge in [0, 0.05) is 10.0 Å². The lowest BCUT2D eigenvalue weighted by Crippen LogP contribution is -2.01. The number of methoxy groups -OCH3 is 1. The fourth-order valence-corrected chi connectivity index (χ4v) is 2.16. The first-order valence-electron chi connectivity index (χ1n) is 5.84. The Morgan fingerprint density at radius 2 is 2.18 bits per heavy atom. The molecule has 1 rings (SSSR count). The second-order valence-corrected chi connectivity index (χ2v) is 5.15. The monoisotopic (exact) mass is 297 g/mol. The van der Waals surface area contributed by atoms with E-state index in [9.17, 15) is 0 Å². The van der Waals surface area contributed by atoms with Gasteiger partial charge in [-0.2, -0.15) is 0 Å². The topological polar surface area (TPSA) is 35.2 Å². The Kier molecular flexibility index (Phi) is 5.72. The third-order valence-corrected chi connectivity index (χ3v) is 3.12. The number of benzene rings is 1. The summed E-state index contributed by atoms with van der Waals surface area (Å²) in [6.07, 6.45) is 3.10. The van der Waals surface area contributed by atoms with Crippen LogP contribution >= 0.6 is 15.9 Å². The SMILES string of the molecule is COc1ccc(Br)cc1/C(=C/CCN)C(C)C. The third kappa shape index (κ3) is 3.86. The molecule has 0 radical (unpaired) electrons. The molecule has 1 aromatic carbocycles. The highest BCUT2D eigenvalue weighted by atomic mass is 79.9. The van der Waals surface area contributed by atoms with E-state index < -0.39 is 0 Å². The highest BCUT2D eigenvalue weighted by Gasteiger charge is 2.12. The lowest BCUT2D eigenvalue weighted by atomic mass is 9.93. The summed E-state index contributed by atoms with van der Waals surface area (Å²) < 4.78 is 6.48. The molecule has 2 N–H and O–H groups in total. The van der Waals surface area contributed by atoms with Crippen molar-refractivity contribution in [1.29, 1.82) is 0 Å². The summed E-state index contributed by atoms with van der Waals surface area (Å²) in [5.74, 6) is 1.36. The highest BCUT2D eigenvalue weighted by molar-refractivity contribution is 9.10. The summed E-state index contributed by atoms with van der Waals surface area (Å²) >= 11 is 3.50. The zero-order chi connectivity index (χ0) is 12.8. The van der Waals surface area contributed by atoms with Crippen molar-refractivity contribution in [3.8, 4) is 5.75 Å². The summed E-state index contributed by atoms with van der Waals surface area (Å²) in [5.41, 5.74) is 8.00. The number of ether oxygens (including phenoxy) is 1. The maximum Gasteiger partial charge on any atom is 0.126 e. The number of allylic oxidation sites excluding steroid dienone is 1. The van der Waals surface area contributed by atoms with E-state index in [0.717, 1.165) is 22.2 Å². The predicted molar refractivity (Wildman–Crippen MR) is 77.2 cm³/mol. The predicted octanol–water partition coefficient (Wildman–Crippen LogP) is 3.85. The summed E-state index contributed by atoms with van der Waals surface area (Å²) in [6.45, 7) is 5.04. The van der Waals surface area contributed by atoms with E-state index in [1.807, 2.05) is 12.1 Å². The molecule has 1 aromatic rings. The van der Waals surface area contributed by atoms with Crippen LogP contribution in [0.4, 0.5) is 0 Å². The minimum atomic E-state index is 0.449. The molecule has 0 aliphatic heterocycles. The molecular weight excluding hydrogens is 278 g/mol. The highest BCUT2D eigenvalue weighted by Crippen LogP contribution is 2.33. The van der Waals surface area contributed by atoms with Crippen molar-refractivity contribution in [2.45, 2.75) is 20.3 Å². The van der Waals surface area contributed by atoms with Gasteiger partial charge in [-0.25, -0.2) is 0 Å². The third-order valence-electron chi connectivity index (χ3n) is 2.63. The van der Waals surface area contributed by atoms with Crippen LogP contribution in [-0.4, -0.2) is 13.7 Å². The number of hydrogen-bond donors (Lipinski definition) is 1. The molecular formula is C14H20BrNO. The van der Waals surface area contributed by atoms with Gasteiger partial charge in [0.1, 0.15) is 5.75 Å². The van der Waals surface area contributed by atoms with Gasteiger partial charge in [-0.05, 0) is 42.7 Å². The lowest BCUT2D eigenvalue weighted by molar-refractivity contribution is 0.413. The van der Waals surface area contributed by atoms with Crippen molar-refractivity contribution in [2.75, 3.05) is 13.7 Å². The second kappa shape index (κ2) is 6.82. The first-order valence-corrected chi connectivity index (χ1v) is 6.63. The molecule has 0 amide bonds. The van der Waals surface area contributed by atoms with Crippen LogP contribution in [0.5, 0.6) is 5.75 Å².